The number of hydrogen-bond donors (Lipinski definition) is 1. The Hall–Kier alpha value is -1.06. The summed E-state index contributed by atoms with van der Waals surface area (Å²) in [7, 11) is 3.99. The monoisotopic (exact) mass is 274 g/mol. The number of rotatable bonds is 7. The van der Waals surface area contributed by atoms with Gasteiger partial charge in [-0.25, -0.2) is 0 Å². The normalized spacial score (nSPS) is 25.6. The minimum absolute atomic E-state index is 0.707. The summed E-state index contributed by atoms with van der Waals surface area (Å²) in [5, 5.41) is 3.69. The van der Waals surface area contributed by atoms with Gasteiger partial charge in [0.2, 0.25) is 0 Å². The van der Waals surface area contributed by atoms with Gasteiger partial charge in [-0.05, 0) is 56.3 Å². The standard InChI is InChI=1S/C17H26N2O/c1-19(16-6-7-16)9-8-18-15-10-14(11-15)13-4-3-5-17(12-13)20-2/h3-5,12,14-16,18H,6-11H2,1-2H3. The molecular weight excluding hydrogens is 248 g/mol. The Balaban J connectivity index is 1.37. The first-order chi connectivity index (χ1) is 9.76. The first-order valence-corrected chi connectivity index (χ1v) is 7.84. The van der Waals surface area contributed by atoms with Crippen LogP contribution in [0, 0.1) is 0 Å². The van der Waals surface area contributed by atoms with E-state index in [0.29, 0.717) is 12.0 Å². The van der Waals surface area contributed by atoms with Crippen LogP contribution in [0.5, 0.6) is 5.75 Å². The molecule has 1 aromatic carbocycles. The molecule has 0 aromatic heterocycles. The molecule has 3 heteroatoms. The van der Waals surface area contributed by atoms with E-state index in [9.17, 15) is 0 Å². The number of hydrogen-bond acceptors (Lipinski definition) is 3. The number of nitrogens with zero attached hydrogens (tertiary/aromatic N) is 1. The van der Waals surface area contributed by atoms with Crippen molar-refractivity contribution >= 4 is 0 Å². The zero-order chi connectivity index (χ0) is 13.9. The second-order valence-electron chi connectivity index (χ2n) is 6.31. The van der Waals surface area contributed by atoms with Crippen molar-refractivity contribution in [3.05, 3.63) is 29.8 Å². The van der Waals surface area contributed by atoms with Gasteiger partial charge in [-0.3, -0.25) is 0 Å². The first kappa shape index (κ1) is 13.9. The molecule has 0 heterocycles. The molecule has 110 valence electrons. The van der Waals surface area contributed by atoms with Crippen LogP contribution in [0.4, 0.5) is 0 Å². The van der Waals surface area contributed by atoms with Gasteiger partial charge in [0.1, 0.15) is 5.75 Å². The van der Waals surface area contributed by atoms with E-state index in [1.165, 1.54) is 37.8 Å². The number of benzene rings is 1. The lowest BCUT2D eigenvalue weighted by atomic mass is 9.76. The molecule has 0 aliphatic heterocycles. The van der Waals surface area contributed by atoms with Crippen molar-refractivity contribution in [2.75, 3.05) is 27.2 Å². The van der Waals surface area contributed by atoms with Crippen LogP contribution in [-0.4, -0.2) is 44.2 Å². The van der Waals surface area contributed by atoms with Crippen LogP contribution in [0.3, 0.4) is 0 Å². The van der Waals surface area contributed by atoms with E-state index >= 15 is 0 Å². The molecule has 0 radical (unpaired) electrons. The zero-order valence-electron chi connectivity index (χ0n) is 12.6. The van der Waals surface area contributed by atoms with Crippen molar-refractivity contribution in [3.63, 3.8) is 0 Å². The molecule has 1 aromatic rings. The molecule has 2 saturated carbocycles. The van der Waals surface area contributed by atoms with Crippen LogP contribution in [0.2, 0.25) is 0 Å². The van der Waals surface area contributed by atoms with E-state index in [4.69, 9.17) is 4.74 Å². The Morgan fingerprint density at radius 3 is 2.80 bits per heavy atom. The largest absolute Gasteiger partial charge is 0.497 e. The summed E-state index contributed by atoms with van der Waals surface area (Å²) in [4.78, 5) is 2.49. The highest BCUT2D eigenvalue weighted by Crippen LogP contribution is 2.37. The molecule has 1 N–H and O–H groups in total. The van der Waals surface area contributed by atoms with Crippen molar-refractivity contribution in [2.45, 2.75) is 43.7 Å². The average molecular weight is 274 g/mol. The SMILES string of the molecule is COc1cccc(C2CC(NCCN(C)C3CC3)C2)c1. The van der Waals surface area contributed by atoms with Gasteiger partial charge in [0.25, 0.3) is 0 Å². The summed E-state index contributed by atoms with van der Waals surface area (Å²) in [6.07, 6.45) is 5.33. The lowest BCUT2D eigenvalue weighted by molar-refractivity contribution is 0.262. The zero-order valence-corrected chi connectivity index (χ0v) is 12.6. The summed E-state index contributed by atoms with van der Waals surface area (Å²) < 4.78 is 5.30. The van der Waals surface area contributed by atoms with Gasteiger partial charge in [0.05, 0.1) is 7.11 Å². The third kappa shape index (κ3) is 3.33. The van der Waals surface area contributed by atoms with Gasteiger partial charge in [-0.15, -0.1) is 0 Å². The fourth-order valence-electron chi connectivity index (χ4n) is 3.10. The molecule has 2 aliphatic carbocycles. The summed E-state index contributed by atoms with van der Waals surface area (Å²) in [6.45, 7) is 2.31. The molecule has 0 atom stereocenters. The average Bonchev–Trinajstić information content (AvgIpc) is 3.25. The molecule has 0 saturated heterocycles. The lowest BCUT2D eigenvalue weighted by Gasteiger charge is -2.37. The quantitative estimate of drug-likeness (QED) is 0.827. The van der Waals surface area contributed by atoms with E-state index in [-0.39, 0.29) is 0 Å². The van der Waals surface area contributed by atoms with Crippen molar-refractivity contribution < 1.29 is 4.74 Å². The highest BCUT2D eigenvalue weighted by atomic mass is 16.5. The minimum atomic E-state index is 0.707. The molecule has 0 amide bonds. The topological polar surface area (TPSA) is 24.5 Å². The van der Waals surface area contributed by atoms with Crippen molar-refractivity contribution in [2.24, 2.45) is 0 Å². The van der Waals surface area contributed by atoms with E-state index in [0.717, 1.165) is 18.3 Å². The van der Waals surface area contributed by atoms with Gasteiger partial charge >= 0.3 is 0 Å². The molecule has 20 heavy (non-hydrogen) atoms. The van der Waals surface area contributed by atoms with Gasteiger partial charge in [0, 0.05) is 25.2 Å². The lowest BCUT2D eigenvalue weighted by Crippen LogP contribution is -2.43. The fraction of sp³-hybridized carbons (Fsp3) is 0.647. The third-order valence-corrected chi connectivity index (χ3v) is 4.77. The van der Waals surface area contributed by atoms with E-state index in [1.807, 2.05) is 6.07 Å². The predicted molar refractivity (Wildman–Crippen MR) is 82.4 cm³/mol. The van der Waals surface area contributed by atoms with Crippen LogP contribution in [0.1, 0.15) is 37.2 Å². The smallest absolute Gasteiger partial charge is 0.119 e. The molecular formula is C17H26N2O. The summed E-state index contributed by atoms with van der Waals surface area (Å²) in [5.41, 5.74) is 1.43. The molecule has 0 spiro atoms. The molecule has 0 unspecified atom stereocenters. The Kier molecular flexibility index (Phi) is 4.27. The highest BCUT2D eigenvalue weighted by Gasteiger charge is 2.30. The van der Waals surface area contributed by atoms with E-state index < -0.39 is 0 Å². The summed E-state index contributed by atoms with van der Waals surface area (Å²) in [6, 6.07) is 10.1. The molecule has 3 nitrogen and oxygen atoms in total. The number of likely N-dealkylation sites (N-methyl/N-ethyl adjacent to an activating group) is 1. The van der Waals surface area contributed by atoms with Crippen molar-refractivity contribution in [1.29, 1.82) is 0 Å². The Labute approximate surface area is 122 Å². The van der Waals surface area contributed by atoms with Gasteiger partial charge in [-0.1, -0.05) is 12.1 Å². The van der Waals surface area contributed by atoms with Gasteiger partial charge in [0.15, 0.2) is 0 Å². The van der Waals surface area contributed by atoms with Crippen LogP contribution < -0.4 is 10.1 Å². The Morgan fingerprint density at radius 1 is 1.30 bits per heavy atom. The molecule has 0 bridgehead atoms. The second kappa shape index (κ2) is 6.15. The number of nitrogens with one attached hydrogen (secondary N) is 1. The fourth-order valence-corrected chi connectivity index (χ4v) is 3.10. The van der Waals surface area contributed by atoms with Crippen LogP contribution in [0.15, 0.2) is 24.3 Å². The summed E-state index contributed by atoms with van der Waals surface area (Å²) >= 11 is 0. The number of ether oxygens (including phenoxy) is 1. The van der Waals surface area contributed by atoms with Gasteiger partial charge in [-0.2, -0.15) is 0 Å². The maximum absolute atomic E-state index is 5.30. The van der Waals surface area contributed by atoms with Crippen LogP contribution in [-0.2, 0) is 0 Å². The molecule has 2 fully saturated rings. The van der Waals surface area contributed by atoms with Crippen LogP contribution in [0.25, 0.3) is 0 Å². The van der Waals surface area contributed by atoms with E-state index in [1.54, 1.807) is 7.11 Å². The minimum Gasteiger partial charge on any atom is -0.497 e. The maximum atomic E-state index is 5.30. The molecule has 3 rings (SSSR count). The Bertz CT molecular complexity index is 438. The van der Waals surface area contributed by atoms with Crippen molar-refractivity contribution in [3.8, 4) is 5.75 Å². The second-order valence-corrected chi connectivity index (χ2v) is 6.31. The first-order valence-electron chi connectivity index (χ1n) is 7.84. The predicted octanol–water partition coefficient (Wildman–Crippen LogP) is 2.63. The highest BCUT2D eigenvalue weighted by molar-refractivity contribution is 5.32. The number of methoxy groups -OCH3 is 1. The summed E-state index contributed by atoms with van der Waals surface area (Å²) in [5.74, 6) is 1.69. The van der Waals surface area contributed by atoms with Crippen LogP contribution >= 0.6 is 0 Å². The van der Waals surface area contributed by atoms with Crippen molar-refractivity contribution in [1.82, 2.24) is 10.2 Å². The third-order valence-electron chi connectivity index (χ3n) is 4.77. The molecule has 2 aliphatic rings. The van der Waals surface area contributed by atoms with E-state index in [2.05, 4.69) is 35.5 Å². The Morgan fingerprint density at radius 2 is 2.10 bits per heavy atom. The maximum Gasteiger partial charge on any atom is 0.119 e. The van der Waals surface area contributed by atoms with Gasteiger partial charge < -0.3 is 15.0 Å².